The quantitative estimate of drug-likeness (QED) is 0.0103. The summed E-state index contributed by atoms with van der Waals surface area (Å²) in [6.07, 6.45) is 34.7. The van der Waals surface area contributed by atoms with Crippen molar-refractivity contribution in [2.45, 2.75) is 378 Å². The maximum absolute atomic E-state index is 11.9. The number of aliphatic carboxylic acids is 1. The lowest BCUT2D eigenvalue weighted by atomic mass is 9.49. The molecule has 0 saturated heterocycles. The van der Waals surface area contributed by atoms with Crippen LogP contribution in [-0.2, 0) is 57.2 Å². The van der Waals surface area contributed by atoms with Crippen molar-refractivity contribution in [3.8, 4) is 0 Å². The number of hydrogen-bond acceptors (Lipinski definition) is 22. The number of carbonyl (C=O) groups excluding carboxylic acids is 4. The van der Waals surface area contributed by atoms with Gasteiger partial charge >= 0.3 is 23.9 Å². The zero-order chi connectivity index (χ0) is 100. The second kappa shape index (κ2) is 46.5. The number of carbonyl (C=O) groups is 5. The maximum Gasteiger partial charge on any atom is 0.302 e. The number of halogens is 1. The summed E-state index contributed by atoms with van der Waals surface area (Å²) in [6.45, 7) is 52.4. The Morgan fingerprint density at radius 2 is 0.757 bits per heavy atom. The number of rotatable bonds is 20. The first-order valence-electron chi connectivity index (χ1n) is 52.3. The molecule has 15 aliphatic rings. The van der Waals surface area contributed by atoms with Crippen LogP contribution in [-0.4, -0.2) is 176 Å². The van der Waals surface area contributed by atoms with E-state index < -0.39 is 16.1 Å². The minimum Gasteiger partial charge on any atom is -0.481 e. The Labute approximate surface area is 823 Å². The number of aliphatic hydroxyl groups excluding tert-OH is 6. The lowest BCUT2D eigenvalue weighted by molar-refractivity contribution is -0.161. The zero-order valence-corrected chi connectivity index (χ0v) is 88.1. The molecule has 27 heteroatoms. The summed E-state index contributed by atoms with van der Waals surface area (Å²) in [5.74, 6) is 3.57. The predicted molar refractivity (Wildman–Crippen MR) is 535 cm³/mol. The number of esters is 4. The summed E-state index contributed by atoms with van der Waals surface area (Å²) < 4.78 is 51.3. The van der Waals surface area contributed by atoms with Gasteiger partial charge in [0.1, 0.15) is 12.2 Å². The van der Waals surface area contributed by atoms with Gasteiger partial charge in [0.05, 0.1) is 44.4 Å². The third-order valence-corrected chi connectivity index (χ3v) is 41.9. The van der Waals surface area contributed by atoms with Gasteiger partial charge in [-0.2, -0.15) is 8.42 Å². The molecular weight excluding hydrogens is 1760 g/mol. The van der Waals surface area contributed by atoms with Crippen molar-refractivity contribution >= 4 is 52.4 Å². The third-order valence-electron chi connectivity index (χ3n) is 41.4. The summed E-state index contributed by atoms with van der Waals surface area (Å²) >= 11 is 0. The standard InChI is InChI=1S/C25H40O7S.C24H37N3O4.C20H35NO2.2C19H33NO2.C2H4O2.ClH/c1-16-7-8-22-21(15-31-33(6,28)29)23(10-12-24(16,22)4)25(5)11-9-20(32-18(3)27)13-19(25)14-30-17(2)26;1-15-6-7-21-20(13-26-27-25)22(9-11-23(15,21)4)24(5)10-8-19(31-17(3)29)12-18(24)14-30-16(2)28;1-13-4-5-17-16(11-21)18(7-9-19(13,17)2)20(3)8-6-15(23)10-14(20)12-22;1-18(2)8-7-14-15(18)4-5-16(17(14)20)19(3)9-6-13(22)10-12(19)11-21;1-12-4-5-15-17(20)16(7-9-18(12,15)2)19(3)8-6-14(22)10-13(19)11-21;1-2(3)4;/h19-23H,1,7-15H2,2-6H3;18-22H,1,6-14H2,2-5H3;14-18,22-23H,1,4-12,21H2,2-3H3;12-13,16-17,21-22H,4-11,20H2,1-3H3;13-17,21-22H,1,4-11,20H2,2-3H3;1H3,(H,3,4);1H/t19-,20+,21+,22?,23?,24-,25+;18-,19+,20+,21?,22?,23-,24+;14-,15+,16+,17?,18?,19-,20+;12-,13+,16?,17+,19+;13-,14+,15?,16?,17+,18-,19+;;/m11111../s1. The smallest absolute Gasteiger partial charge is 0.302 e. The monoisotopic (exact) mass is 1950 g/mol. The first-order valence-corrected chi connectivity index (χ1v) is 54.1. The van der Waals surface area contributed by atoms with Crippen LogP contribution in [0.2, 0.25) is 0 Å². The molecule has 15 rings (SSSR count). The summed E-state index contributed by atoms with van der Waals surface area (Å²) in [6, 6.07) is 0.354. The largest absolute Gasteiger partial charge is 0.481 e. The number of nitrogens with two attached hydrogens (primary N) is 3. The van der Waals surface area contributed by atoms with Crippen molar-refractivity contribution in [1.29, 1.82) is 0 Å². The fourth-order valence-corrected chi connectivity index (χ4v) is 32.9. The molecule has 776 valence electrons. The van der Waals surface area contributed by atoms with Crippen molar-refractivity contribution in [2.24, 2.45) is 177 Å². The molecule has 25 nitrogen and oxygen atoms in total. The van der Waals surface area contributed by atoms with Gasteiger partial charge in [-0.15, -0.1) is 12.4 Å². The Kier molecular flexibility index (Phi) is 39.2. The normalized spacial score (nSPS) is 43.1. The lowest BCUT2D eigenvalue weighted by Crippen LogP contribution is -2.56. The minimum absolute atomic E-state index is 0. The van der Waals surface area contributed by atoms with Crippen molar-refractivity contribution in [2.75, 3.05) is 59.0 Å². The molecule has 13 N–H and O–H groups in total. The Bertz CT molecular complexity index is 4370. The van der Waals surface area contributed by atoms with Crippen LogP contribution in [0.3, 0.4) is 0 Å². The molecule has 0 aromatic heterocycles. The van der Waals surface area contributed by atoms with E-state index in [4.69, 9.17) is 55.8 Å². The highest BCUT2D eigenvalue weighted by atomic mass is 35.5. The molecule has 13 saturated carbocycles. The van der Waals surface area contributed by atoms with Crippen molar-refractivity contribution < 1.29 is 91.3 Å². The fourth-order valence-electron chi connectivity index (χ4n) is 32.5. The van der Waals surface area contributed by atoms with E-state index in [-0.39, 0.29) is 208 Å². The van der Waals surface area contributed by atoms with Gasteiger partial charge in [0, 0.05) is 89.8 Å². The number of azide groups is 1. The molecule has 0 bridgehead atoms. The van der Waals surface area contributed by atoms with E-state index in [9.17, 15) is 58.2 Å². The van der Waals surface area contributed by atoms with Crippen LogP contribution in [0.15, 0.2) is 64.9 Å². The molecule has 0 spiro atoms. The SMILES string of the molecule is C=C1CCC2[C@H](CN)C([C@@]3(C)CC[C@H](O)C[C@@H]3CO)CC[C@]12C.C=C1CCC2[C@H](CN=[N+]=[N-])C([C@@]3(C)CC[C@H](OC(C)=O)C[C@@H]3COC(C)=O)CC[C@]12C.C=C1CCC2[C@H](COS(C)(=O)=O)C([C@@]3(C)CC[C@H](OC(C)=O)C[C@@H]3COC(C)=O)CC[C@]12C.C=C1CCC2[C@H](N)C([C@@]3(C)CC[C@H](O)C[C@@H]3CO)CC[C@]12C.CC(=O)O.CC1(C)CCC2=C1CCC([C@@]1(C)CC[C@H](O)C[C@@H]1CO)[C@H]2N.Cl. The van der Waals surface area contributed by atoms with Crippen LogP contribution >= 0.6 is 12.4 Å². The summed E-state index contributed by atoms with van der Waals surface area (Å²) in [4.78, 5) is 58.4. The van der Waals surface area contributed by atoms with E-state index in [1.165, 1.54) is 101 Å². The van der Waals surface area contributed by atoms with Crippen LogP contribution in [0, 0.1) is 155 Å². The average molecular weight is 1950 g/mol. The Hall–Kier alpha value is -4.80. The van der Waals surface area contributed by atoms with Gasteiger partial charge in [-0.3, -0.25) is 28.2 Å². The molecule has 15 aliphatic carbocycles. The molecular formula is C109H183ClN6O19S. The van der Waals surface area contributed by atoms with E-state index in [0.29, 0.717) is 84.7 Å². The van der Waals surface area contributed by atoms with Gasteiger partial charge in [0.2, 0.25) is 0 Å². The number of carboxylic acid groups (broad SMARTS) is 1. The molecule has 0 heterocycles. The topological polar surface area (TPSA) is 434 Å². The van der Waals surface area contributed by atoms with E-state index in [2.05, 4.69) is 113 Å². The third kappa shape index (κ3) is 24.5. The van der Waals surface area contributed by atoms with Crippen LogP contribution in [0.4, 0.5) is 0 Å². The molecule has 9 unspecified atom stereocenters. The molecule has 0 amide bonds. The van der Waals surface area contributed by atoms with E-state index >= 15 is 0 Å². The van der Waals surface area contributed by atoms with Crippen molar-refractivity contribution in [3.63, 3.8) is 0 Å². The first-order chi connectivity index (χ1) is 63.1. The van der Waals surface area contributed by atoms with Crippen LogP contribution in [0.1, 0.15) is 336 Å². The van der Waals surface area contributed by atoms with Gasteiger partial charge in [-0.05, 0) is 380 Å². The Morgan fingerprint density at radius 1 is 0.426 bits per heavy atom. The van der Waals surface area contributed by atoms with E-state index in [1.54, 1.807) is 5.57 Å². The average Bonchev–Trinajstić information content (AvgIpc) is 1.48. The van der Waals surface area contributed by atoms with E-state index in [1.807, 2.05) is 0 Å². The van der Waals surface area contributed by atoms with E-state index in [0.717, 1.165) is 187 Å². The zero-order valence-electron chi connectivity index (χ0n) is 86.5. The summed E-state index contributed by atoms with van der Waals surface area (Å²) in [5, 5.41) is 71.2. The lowest BCUT2D eigenvalue weighted by Gasteiger charge is -2.56. The van der Waals surface area contributed by atoms with Crippen molar-refractivity contribution in [3.05, 3.63) is 70.2 Å². The Balaban J connectivity index is 0.000000190. The number of aliphatic hydroxyl groups is 6. The molecule has 0 radical (unpaired) electrons. The predicted octanol–water partition coefficient (Wildman–Crippen LogP) is 19.3. The molecule has 13 fully saturated rings. The summed E-state index contributed by atoms with van der Waals surface area (Å²) in [5.41, 5.74) is 38.4. The molecule has 0 aromatic rings. The highest BCUT2D eigenvalue weighted by Crippen LogP contribution is 2.69. The maximum atomic E-state index is 11.9. The highest BCUT2D eigenvalue weighted by molar-refractivity contribution is 7.86. The first kappa shape index (κ1) is 115. The van der Waals surface area contributed by atoms with Crippen LogP contribution in [0.25, 0.3) is 10.4 Å². The Morgan fingerprint density at radius 3 is 1.13 bits per heavy atom. The van der Waals surface area contributed by atoms with Crippen LogP contribution in [0.5, 0.6) is 0 Å². The number of hydrogen-bond donors (Lipinski definition) is 10. The van der Waals surface area contributed by atoms with Crippen LogP contribution < -0.4 is 17.2 Å². The fraction of sp³-hybridized carbons (Fsp3) is 0.862. The number of fused-ring (bicyclic) bond motifs is 4. The summed E-state index contributed by atoms with van der Waals surface area (Å²) in [7, 11) is -3.57. The molecule has 136 heavy (non-hydrogen) atoms. The van der Waals surface area contributed by atoms with Gasteiger partial charge < -0.3 is 71.9 Å². The number of allylic oxidation sites excluding steroid dienone is 5. The number of carboxylic acids is 1. The number of ether oxygens (including phenoxy) is 4. The van der Waals surface area contributed by atoms with Gasteiger partial charge in [-0.1, -0.05) is 141 Å². The molecule has 33 atom stereocenters. The second-order valence-electron chi connectivity index (χ2n) is 48.5. The molecule has 0 aromatic carbocycles. The van der Waals surface area contributed by atoms with Gasteiger partial charge in [-0.25, -0.2) is 0 Å². The number of nitrogens with zero attached hydrogens (tertiary/aromatic N) is 3. The van der Waals surface area contributed by atoms with Gasteiger partial charge in [0.25, 0.3) is 16.1 Å². The van der Waals surface area contributed by atoms with Gasteiger partial charge in [0.15, 0.2) is 0 Å². The molecule has 0 aliphatic heterocycles. The van der Waals surface area contributed by atoms with Crippen molar-refractivity contribution in [1.82, 2.24) is 0 Å². The second-order valence-corrected chi connectivity index (χ2v) is 50.1. The minimum atomic E-state index is -3.57. The highest BCUT2D eigenvalue weighted by Gasteiger charge is 2.63.